The van der Waals surface area contributed by atoms with Gasteiger partial charge in [-0.2, -0.15) is 0 Å². The molecule has 0 aromatic heterocycles. The standard InChI is InChI=1S/C19H28N2O4S/c1-14(17(23)25-19(3,4)5)20-18(24)21(11-12-26-15(2)22)13-16-9-7-6-8-10-16/h6-10,14H,11-13H2,1-5H3,(H,20,24)/t14-/m0/s1. The van der Waals surface area contributed by atoms with Crippen LogP contribution in [0.4, 0.5) is 4.79 Å². The molecule has 26 heavy (non-hydrogen) atoms. The number of hydrogen-bond donors (Lipinski definition) is 1. The van der Waals surface area contributed by atoms with E-state index in [1.807, 2.05) is 30.3 Å². The minimum atomic E-state index is -0.763. The van der Waals surface area contributed by atoms with Gasteiger partial charge in [0.25, 0.3) is 0 Å². The number of carbonyl (C=O) groups is 3. The van der Waals surface area contributed by atoms with Crippen LogP contribution < -0.4 is 5.32 Å². The zero-order valence-corrected chi connectivity index (χ0v) is 16.9. The number of rotatable bonds is 7. The average Bonchev–Trinajstić information content (AvgIpc) is 2.52. The van der Waals surface area contributed by atoms with Crippen LogP contribution in [0, 0.1) is 0 Å². The van der Waals surface area contributed by atoms with E-state index < -0.39 is 17.6 Å². The van der Waals surface area contributed by atoms with E-state index in [9.17, 15) is 14.4 Å². The van der Waals surface area contributed by atoms with Gasteiger partial charge in [0.15, 0.2) is 5.12 Å². The summed E-state index contributed by atoms with van der Waals surface area (Å²) in [6, 6.07) is 8.44. The molecular formula is C19H28N2O4S. The first kappa shape index (κ1) is 22.0. The molecule has 0 aliphatic heterocycles. The van der Waals surface area contributed by atoms with E-state index >= 15 is 0 Å². The Kier molecular flexibility index (Phi) is 8.65. The second-order valence-electron chi connectivity index (χ2n) is 6.95. The van der Waals surface area contributed by atoms with Gasteiger partial charge in [-0.1, -0.05) is 42.1 Å². The third-order valence-electron chi connectivity index (χ3n) is 3.27. The first-order valence-corrected chi connectivity index (χ1v) is 9.52. The first-order valence-electron chi connectivity index (χ1n) is 8.54. The van der Waals surface area contributed by atoms with Crippen LogP contribution in [-0.4, -0.2) is 46.0 Å². The number of carbonyl (C=O) groups excluding carboxylic acids is 3. The van der Waals surface area contributed by atoms with Crippen molar-refractivity contribution in [2.45, 2.75) is 52.8 Å². The van der Waals surface area contributed by atoms with Gasteiger partial charge < -0.3 is 15.0 Å². The molecule has 0 spiro atoms. The molecule has 1 N–H and O–H groups in total. The zero-order chi connectivity index (χ0) is 19.7. The Labute approximate surface area is 159 Å². The molecule has 1 aromatic rings. The van der Waals surface area contributed by atoms with Crippen LogP contribution in [0.5, 0.6) is 0 Å². The number of esters is 1. The Morgan fingerprint density at radius 2 is 1.81 bits per heavy atom. The van der Waals surface area contributed by atoms with Gasteiger partial charge in [0.2, 0.25) is 0 Å². The van der Waals surface area contributed by atoms with Gasteiger partial charge in [0, 0.05) is 25.8 Å². The topological polar surface area (TPSA) is 75.7 Å². The van der Waals surface area contributed by atoms with Crippen molar-refractivity contribution >= 4 is 28.9 Å². The summed E-state index contributed by atoms with van der Waals surface area (Å²) < 4.78 is 5.29. The van der Waals surface area contributed by atoms with Crippen LogP contribution in [0.25, 0.3) is 0 Å². The van der Waals surface area contributed by atoms with E-state index in [1.54, 1.807) is 32.6 Å². The molecule has 0 fully saturated rings. The smallest absolute Gasteiger partial charge is 0.328 e. The normalized spacial score (nSPS) is 12.2. The van der Waals surface area contributed by atoms with Crippen LogP contribution in [-0.2, 0) is 20.9 Å². The van der Waals surface area contributed by atoms with E-state index in [0.717, 1.165) is 5.56 Å². The van der Waals surface area contributed by atoms with Crippen molar-refractivity contribution in [2.75, 3.05) is 12.3 Å². The second kappa shape index (κ2) is 10.2. The van der Waals surface area contributed by atoms with Gasteiger partial charge in [0.05, 0.1) is 0 Å². The highest BCUT2D eigenvalue weighted by Gasteiger charge is 2.25. The lowest BCUT2D eigenvalue weighted by atomic mass is 10.2. The molecule has 0 unspecified atom stereocenters. The van der Waals surface area contributed by atoms with Gasteiger partial charge >= 0.3 is 12.0 Å². The van der Waals surface area contributed by atoms with Crippen LogP contribution >= 0.6 is 11.8 Å². The van der Waals surface area contributed by atoms with Crippen molar-refractivity contribution in [1.29, 1.82) is 0 Å². The highest BCUT2D eigenvalue weighted by molar-refractivity contribution is 8.13. The second-order valence-corrected chi connectivity index (χ2v) is 8.22. The molecule has 7 heteroatoms. The van der Waals surface area contributed by atoms with Crippen molar-refractivity contribution in [3.8, 4) is 0 Å². The molecule has 1 atom stereocenters. The third kappa shape index (κ3) is 8.89. The van der Waals surface area contributed by atoms with Gasteiger partial charge in [-0.3, -0.25) is 4.79 Å². The summed E-state index contributed by atoms with van der Waals surface area (Å²) in [6.45, 7) is 9.21. The summed E-state index contributed by atoms with van der Waals surface area (Å²) in [5, 5.41) is 2.69. The molecule has 0 aliphatic rings. The van der Waals surface area contributed by atoms with Crippen LogP contribution in [0.3, 0.4) is 0 Å². The van der Waals surface area contributed by atoms with E-state index in [0.29, 0.717) is 18.8 Å². The Morgan fingerprint density at radius 1 is 1.19 bits per heavy atom. The maximum atomic E-state index is 12.6. The van der Waals surface area contributed by atoms with E-state index in [-0.39, 0.29) is 11.1 Å². The molecule has 0 saturated carbocycles. The Bertz CT molecular complexity index is 614. The lowest BCUT2D eigenvalue weighted by molar-refractivity contribution is -0.156. The van der Waals surface area contributed by atoms with Crippen molar-refractivity contribution in [3.05, 3.63) is 35.9 Å². The highest BCUT2D eigenvalue weighted by Crippen LogP contribution is 2.10. The van der Waals surface area contributed by atoms with Gasteiger partial charge in [0.1, 0.15) is 11.6 Å². The summed E-state index contributed by atoms with van der Waals surface area (Å²) >= 11 is 1.17. The van der Waals surface area contributed by atoms with Crippen LogP contribution in [0.15, 0.2) is 30.3 Å². The number of amides is 2. The van der Waals surface area contributed by atoms with E-state index in [2.05, 4.69) is 5.32 Å². The Hall–Kier alpha value is -2.02. The first-order chi connectivity index (χ1) is 12.1. The summed E-state index contributed by atoms with van der Waals surface area (Å²) in [5.74, 6) is 0.0137. The fraction of sp³-hybridized carbons (Fsp3) is 0.526. The fourth-order valence-corrected chi connectivity index (χ4v) is 2.68. The fourth-order valence-electron chi connectivity index (χ4n) is 2.08. The number of urea groups is 1. The van der Waals surface area contributed by atoms with Crippen molar-refractivity contribution in [3.63, 3.8) is 0 Å². The van der Waals surface area contributed by atoms with Crippen molar-refractivity contribution in [2.24, 2.45) is 0 Å². The quantitative estimate of drug-likeness (QED) is 0.735. The number of hydrogen-bond acceptors (Lipinski definition) is 5. The highest BCUT2D eigenvalue weighted by atomic mass is 32.2. The Balaban J connectivity index is 2.72. The summed E-state index contributed by atoms with van der Waals surface area (Å²) in [4.78, 5) is 37.4. The van der Waals surface area contributed by atoms with Gasteiger partial charge in [-0.15, -0.1) is 0 Å². The van der Waals surface area contributed by atoms with Crippen molar-refractivity contribution < 1.29 is 19.1 Å². The number of ether oxygens (including phenoxy) is 1. The predicted octanol–water partition coefficient (Wildman–Crippen LogP) is 3.21. The minimum absolute atomic E-state index is 0.00666. The average molecular weight is 381 g/mol. The SMILES string of the molecule is CC(=O)SCCN(Cc1ccccc1)C(=O)N[C@@H](C)C(=O)OC(C)(C)C. The lowest BCUT2D eigenvalue weighted by Crippen LogP contribution is -2.48. The van der Waals surface area contributed by atoms with Crippen LogP contribution in [0.1, 0.15) is 40.2 Å². The van der Waals surface area contributed by atoms with E-state index in [4.69, 9.17) is 4.74 Å². The van der Waals surface area contributed by atoms with Gasteiger partial charge in [-0.25, -0.2) is 9.59 Å². The molecular weight excluding hydrogens is 352 g/mol. The number of nitrogens with zero attached hydrogens (tertiary/aromatic N) is 1. The third-order valence-corrected chi connectivity index (χ3v) is 4.06. The van der Waals surface area contributed by atoms with Gasteiger partial charge in [-0.05, 0) is 33.3 Å². The lowest BCUT2D eigenvalue weighted by Gasteiger charge is -2.26. The molecule has 6 nitrogen and oxygen atoms in total. The summed E-state index contributed by atoms with van der Waals surface area (Å²) in [7, 11) is 0. The largest absolute Gasteiger partial charge is 0.458 e. The maximum absolute atomic E-state index is 12.6. The molecule has 1 rings (SSSR count). The maximum Gasteiger partial charge on any atom is 0.328 e. The molecule has 0 heterocycles. The molecule has 0 bridgehead atoms. The number of nitrogens with one attached hydrogen (secondary N) is 1. The molecule has 1 aromatic carbocycles. The number of benzene rings is 1. The molecule has 0 radical (unpaired) electrons. The molecule has 2 amide bonds. The zero-order valence-electron chi connectivity index (χ0n) is 16.1. The van der Waals surface area contributed by atoms with E-state index in [1.165, 1.54) is 18.7 Å². The molecule has 0 saturated heterocycles. The molecule has 144 valence electrons. The minimum Gasteiger partial charge on any atom is -0.458 e. The number of thioether (sulfide) groups is 1. The van der Waals surface area contributed by atoms with Crippen molar-refractivity contribution in [1.82, 2.24) is 10.2 Å². The predicted molar refractivity (Wildman–Crippen MR) is 104 cm³/mol. The molecule has 0 aliphatic carbocycles. The monoisotopic (exact) mass is 380 g/mol. The van der Waals surface area contributed by atoms with Crippen LogP contribution in [0.2, 0.25) is 0 Å². The summed E-state index contributed by atoms with van der Waals surface area (Å²) in [5.41, 5.74) is 0.359. The summed E-state index contributed by atoms with van der Waals surface area (Å²) in [6.07, 6.45) is 0. The Morgan fingerprint density at radius 3 is 2.35 bits per heavy atom.